The van der Waals surface area contributed by atoms with Crippen molar-refractivity contribution in [2.24, 2.45) is 0 Å². The van der Waals surface area contributed by atoms with Crippen molar-refractivity contribution in [3.05, 3.63) is 47.6 Å². The van der Waals surface area contributed by atoms with E-state index in [0.717, 1.165) is 63.9 Å². The van der Waals surface area contributed by atoms with Gasteiger partial charge in [0.05, 0.1) is 28.8 Å². The highest BCUT2D eigenvalue weighted by Crippen LogP contribution is 2.35. The van der Waals surface area contributed by atoms with Crippen molar-refractivity contribution in [2.45, 2.75) is 38.7 Å². The molecular formula is C23H23N5O2S2. The number of carbonyl (C=O) groups excluding carboxylic acids is 1. The molecule has 4 aromatic rings. The second-order valence-electron chi connectivity index (χ2n) is 7.72. The van der Waals surface area contributed by atoms with E-state index in [1.807, 2.05) is 36.6 Å². The Balaban J connectivity index is 1.29. The van der Waals surface area contributed by atoms with Gasteiger partial charge in [-0.05, 0) is 37.6 Å². The number of rotatable bonds is 6. The van der Waals surface area contributed by atoms with Crippen molar-refractivity contribution < 1.29 is 9.53 Å². The zero-order chi connectivity index (χ0) is 21.9. The van der Waals surface area contributed by atoms with Gasteiger partial charge in [-0.25, -0.2) is 15.0 Å². The molecule has 1 fully saturated rings. The van der Waals surface area contributed by atoms with Crippen LogP contribution in [0, 0.1) is 6.92 Å². The summed E-state index contributed by atoms with van der Waals surface area (Å²) in [5, 5.41) is 11.8. The number of carbonyl (C=O) groups is 1. The van der Waals surface area contributed by atoms with Gasteiger partial charge in [0.25, 0.3) is 0 Å². The topological polar surface area (TPSA) is 89.0 Å². The van der Waals surface area contributed by atoms with Gasteiger partial charge < -0.3 is 15.4 Å². The Labute approximate surface area is 193 Å². The number of ether oxygens (including phenoxy) is 1. The molecule has 1 saturated heterocycles. The first kappa shape index (κ1) is 21.0. The molecule has 1 aliphatic heterocycles. The zero-order valence-corrected chi connectivity index (χ0v) is 19.3. The highest BCUT2D eigenvalue weighted by molar-refractivity contribution is 7.20. The lowest BCUT2D eigenvalue weighted by Crippen LogP contribution is -2.25. The van der Waals surface area contributed by atoms with E-state index in [2.05, 4.69) is 26.7 Å². The molecule has 9 heteroatoms. The van der Waals surface area contributed by atoms with Gasteiger partial charge in [0.15, 0.2) is 10.3 Å². The van der Waals surface area contributed by atoms with Crippen LogP contribution in [-0.2, 0) is 9.53 Å². The summed E-state index contributed by atoms with van der Waals surface area (Å²) in [6, 6.07) is 10.1. The lowest BCUT2D eigenvalue weighted by molar-refractivity contribution is -0.119. The summed E-state index contributed by atoms with van der Waals surface area (Å²) in [4.78, 5) is 27.1. The number of anilines is 3. The van der Waals surface area contributed by atoms with Crippen LogP contribution in [-0.4, -0.2) is 33.6 Å². The van der Waals surface area contributed by atoms with Gasteiger partial charge >= 0.3 is 0 Å². The van der Waals surface area contributed by atoms with Crippen LogP contribution in [0.5, 0.6) is 0 Å². The van der Waals surface area contributed by atoms with Crippen LogP contribution in [0.4, 0.5) is 16.1 Å². The SMILES string of the molecule is Cc1nc(NC(=O)C[C@@H]2CCCCO2)sc1-c1csc(Nc2nccc3ccccc23)n1. The predicted molar refractivity (Wildman–Crippen MR) is 130 cm³/mol. The van der Waals surface area contributed by atoms with Gasteiger partial charge in [0.1, 0.15) is 5.82 Å². The van der Waals surface area contributed by atoms with E-state index in [-0.39, 0.29) is 12.0 Å². The number of nitrogens with zero attached hydrogens (tertiary/aromatic N) is 3. The molecule has 7 nitrogen and oxygen atoms in total. The van der Waals surface area contributed by atoms with Gasteiger partial charge in [-0.15, -0.1) is 11.3 Å². The Morgan fingerprint density at radius 3 is 2.97 bits per heavy atom. The third kappa shape index (κ3) is 4.64. The molecule has 0 radical (unpaired) electrons. The van der Waals surface area contributed by atoms with Crippen LogP contribution in [0.1, 0.15) is 31.4 Å². The van der Waals surface area contributed by atoms with Gasteiger partial charge in [-0.3, -0.25) is 4.79 Å². The minimum Gasteiger partial charge on any atom is -0.378 e. The molecule has 0 unspecified atom stereocenters. The van der Waals surface area contributed by atoms with Crippen LogP contribution in [0.2, 0.25) is 0 Å². The lowest BCUT2D eigenvalue weighted by Gasteiger charge is -2.21. The Bertz CT molecular complexity index is 1240. The van der Waals surface area contributed by atoms with Crippen molar-refractivity contribution in [3.63, 3.8) is 0 Å². The van der Waals surface area contributed by atoms with Gasteiger partial charge in [0, 0.05) is 23.6 Å². The van der Waals surface area contributed by atoms with Crippen molar-refractivity contribution in [2.75, 3.05) is 17.2 Å². The molecule has 4 heterocycles. The van der Waals surface area contributed by atoms with Gasteiger partial charge in [-0.2, -0.15) is 0 Å². The molecule has 32 heavy (non-hydrogen) atoms. The smallest absolute Gasteiger partial charge is 0.228 e. The van der Waals surface area contributed by atoms with Crippen molar-refractivity contribution in [3.8, 4) is 10.6 Å². The largest absolute Gasteiger partial charge is 0.378 e. The number of aryl methyl sites for hydroxylation is 1. The maximum Gasteiger partial charge on any atom is 0.228 e. The second-order valence-corrected chi connectivity index (χ2v) is 9.58. The van der Waals surface area contributed by atoms with Crippen LogP contribution in [0.3, 0.4) is 0 Å². The zero-order valence-electron chi connectivity index (χ0n) is 17.6. The molecule has 3 aromatic heterocycles. The number of benzene rings is 1. The molecule has 0 saturated carbocycles. The molecule has 0 aliphatic carbocycles. The van der Waals surface area contributed by atoms with E-state index in [1.165, 1.54) is 22.7 Å². The molecule has 164 valence electrons. The predicted octanol–water partition coefficient (Wildman–Crippen LogP) is 5.76. The summed E-state index contributed by atoms with van der Waals surface area (Å²) in [7, 11) is 0. The first-order valence-electron chi connectivity index (χ1n) is 10.6. The van der Waals surface area contributed by atoms with Crippen molar-refractivity contribution >= 4 is 55.4 Å². The molecule has 1 atom stereocenters. The standard InChI is InChI=1S/C23H23N5O2S2/c1-14-20(32-23(25-14)27-19(29)12-16-7-4-5-11-30-16)18-13-31-22(26-18)28-21-17-8-3-2-6-15(17)9-10-24-21/h2-3,6,8-10,13,16H,4-5,7,11-12H2,1H3,(H,24,26,28)(H,25,27,29)/t16-/m0/s1. The third-order valence-electron chi connectivity index (χ3n) is 5.37. The molecule has 1 amide bonds. The van der Waals surface area contributed by atoms with Crippen molar-refractivity contribution in [1.82, 2.24) is 15.0 Å². The summed E-state index contributed by atoms with van der Waals surface area (Å²) in [6.07, 6.45) is 5.31. The lowest BCUT2D eigenvalue weighted by atomic mass is 10.1. The number of thiazole rings is 2. The highest BCUT2D eigenvalue weighted by Gasteiger charge is 2.20. The average Bonchev–Trinajstić information content (AvgIpc) is 3.40. The van der Waals surface area contributed by atoms with Crippen LogP contribution in [0.15, 0.2) is 41.9 Å². The second kappa shape index (κ2) is 9.32. The van der Waals surface area contributed by atoms with Gasteiger partial charge in [-0.1, -0.05) is 35.6 Å². The number of amides is 1. The number of hydrogen-bond acceptors (Lipinski definition) is 8. The molecule has 1 aliphatic rings. The summed E-state index contributed by atoms with van der Waals surface area (Å²) in [5.74, 6) is 0.725. The van der Waals surface area contributed by atoms with Gasteiger partial charge in [0.2, 0.25) is 5.91 Å². The Morgan fingerprint density at radius 2 is 2.09 bits per heavy atom. The molecule has 1 aromatic carbocycles. The Morgan fingerprint density at radius 1 is 1.19 bits per heavy atom. The number of aromatic nitrogens is 3. The van der Waals surface area contributed by atoms with E-state index in [9.17, 15) is 4.79 Å². The fraction of sp³-hybridized carbons (Fsp3) is 0.304. The molecule has 0 bridgehead atoms. The Hall–Kier alpha value is -2.88. The van der Waals surface area contributed by atoms with E-state index in [1.54, 1.807) is 6.20 Å². The number of nitrogens with one attached hydrogen (secondary N) is 2. The summed E-state index contributed by atoms with van der Waals surface area (Å²) >= 11 is 2.96. The van der Waals surface area contributed by atoms with Crippen LogP contribution >= 0.6 is 22.7 Å². The maximum absolute atomic E-state index is 12.4. The Kier molecular flexibility index (Phi) is 6.11. The van der Waals surface area contributed by atoms with Crippen LogP contribution < -0.4 is 10.6 Å². The van der Waals surface area contributed by atoms with E-state index in [4.69, 9.17) is 9.72 Å². The highest BCUT2D eigenvalue weighted by atomic mass is 32.1. The molecule has 0 spiro atoms. The molecule has 2 N–H and O–H groups in total. The maximum atomic E-state index is 12.4. The molecule has 5 rings (SSSR count). The van der Waals surface area contributed by atoms with E-state index >= 15 is 0 Å². The fourth-order valence-electron chi connectivity index (χ4n) is 3.79. The summed E-state index contributed by atoms with van der Waals surface area (Å²) < 4.78 is 5.66. The average molecular weight is 466 g/mol. The fourth-order valence-corrected chi connectivity index (χ4v) is 5.51. The number of hydrogen-bond donors (Lipinski definition) is 2. The van der Waals surface area contributed by atoms with E-state index in [0.29, 0.717) is 11.6 Å². The first-order chi connectivity index (χ1) is 15.7. The minimum absolute atomic E-state index is 0.0131. The quantitative estimate of drug-likeness (QED) is 0.376. The summed E-state index contributed by atoms with van der Waals surface area (Å²) in [6.45, 7) is 2.68. The summed E-state index contributed by atoms with van der Waals surface area (Å²) in [5.41, 5.74) is 1.68. The number of pyridine rings is 1. The van der Waals surface area contributed by atoms with Crippen molar-refractivity contribution in [1.29, 1.82) is 0 Å². The third-order valence-corrected chi connectivity index (χ3v) is 7.22. The monoisotopic (exact) mass is 465 g/mol. The molecular weight excluding hydrogens is 442 g/mol. The normalized spacial score (nSPS) is 16.2. The van der Waals surface area contributed by atoms with Crippen LogP contribution in [0.25, 0.3) is 21.3 Å². The van der Waals surface area contributed by atoms with E-state index < -0.39 is 0 Å². The minimum atomic E-state index is -0.0557. The number of fused-ring (bicyclic) bond motifs is 1. The first-order valence-corrected chi connectivity index (χ1v) is 12.3.